The summed E-state index contributed by atoms with van der Waals surface area (Å²) in [6, 6.07) is -1.73. The van der Waals surface area contributed by atoms with Crippen molar-refractivity contribution in [1.29, 1.82) is 0 Å². The van der Waals surface area contributed by atoms with Crippen molar-refractivity contribution >= 4 is 114 Å². The molecule has 1 aliphatic heterocycles. The number of fused-ring (bicyclic) bond motifs is 2. The van der Waals surface area contributed by atoms with Gasteiger partial charge in [0.25, 0.3) is 0 Å². The number of carbonyl (C=O) groups excluding carboxylic acids is 10. The molecule has 10 amide bonds. The van der Waals surface area contributed by atoms with Gasteiger partial charge in [-0.1, -0.05) is 99.5 Å². The molecule has 99 heavy (non-hydrogen) atoms. The summed E-state index contributed by atoms with van der Waals surface area (Å²) in [4.78, 5) is 180. The van der Waals surface area contributed by atoms with E-state index in [0.717, 1.165) is 28.5 Å². The minimum atomic E-state index is -1.86. The predicted octanol–water partition coefficient (Wildman–Crippen LogP) is -1.02. The Morgan fingerprint density at radius 2 is 1.15 bits per heavy atom. The summed E-state index contributed by atoms with van der Waals surface area (Å²) in [5.74, 6) is -13.6. The summed E-state index contributed by atoms with van der Waals surface area (Å²) < 4.78 is 0. The minimum Gasteiger partial charge on any atom is -0.481 e. The van der Waals surface area contributed by atoms with Crippen molar-refractivity contribution in [2.75, 3.05) is 18.1 Å². The van der Waals surface area contributed by atoms with Gasteiger partial charge in [0.1, 0.15) is 48.5 Å². The predicted molar refractivity (Wildman–Crippen MR) is 368 cm³/mol. The van der Waals surface area contributed by atoms with Gasteiger partial charge >= 0.3 is 11.9 Å². The lowest BCUT2D eigenvalue weighted by molar-refractivity contribution is -0.145. The van der Waals surface area contributed by atoms with Crippen molar-refractivity contribution in [1.82, 2.24) is 78.4 Å². The quantitative estimate of drug-likeness (QED) is 0.0467. The Morgan fingerprint density at radius 1 is 0.616 bits per heavy atom. The first kappa shape index (κ1) is 78.9. The van der Waals surface area contributed by atoms with Gasteiger partial charge in [-0.3, -0.25) is 58.1 Å². The van der Waals surface area contributed by atoms with Crippen LogP contribution in [0, 0.1) is 17.8 Å². The largest absolute Gasteiger partial charge is 0.481 e. The fourth-order valence-corrected chi connectivity index (χ4v) is 13.2. The number of carboxylic acid groups (broad SMARTS) is 2. The van der Waals surface area contributed by atoms with Gasteiger partial charge < -0.3 is 94.3 Å². The van der Waals surface area contributed by atoms with Crippen LogP contribution in [0.1, 0.15) is 97.9 Å². The zero-order chi connectivity index (χ0) is 72.8. The Hall–Kier alpha value is -9.09. The number of carbonyl (C=O) groups is 12. The lowest BCUT2D eigenvalue weighted by Crippen LogP contribution is -2.62. The molecular weight excluding hydrogens is 1320 g/mol. The lowest BCUT2D eigenvalue weighted by atomic mass is 9.98. The van der Waals surface area contributed by atoms with E-state index in [2.05, 4.69) is 78.4 Å². The minimum absolute atomic E-state index is 0.00224. The number of rotatable bonds is 18. The molecule has 1 saturated heterocycles. The second-order valence-electron chi connectivity index (χ2n) is 25.7. The summed E-state index contributed by atoms with van der Waals surface area (Å²) in [5, 5.41) is 72.5. The Kier molecular flexibility index (Phi) is 30.1. The summed E-state index contributed by atoms with van der Waals surface area (Å²) in [6.07, 6.45) is 0.913. The van der Waals surface area contributed by atoms with E-state index in [1.165, 1.54) is 19.4 Å². The van der Waals surface area contributed by atoms with Crippen LogP contribution in [0.2, 0.25) is 0 Å². The molecule has 0 bridgehead atoms. The Labute approximate surface area is 579 Å². The maximum Gasteiger partial charge on any atom is 0.328 e. The number of aromatic amines is 3. The van der Waals surface area contributed by atoms with Gasteiger partial charge in [-0.25, -0.2) is 9.78 Å². The number of aliphatic carboxylic acids is 2. The number of para-hydroxylation sites is 2. The third kappa shape index (κ3) is 24.1. The van der Waals surface area contributed by atoms with E-state index in [1.807, 2.05) is 0 Å². The van der Waals surface area contributed by atoms with E-state index in [1.54, 1.807) is 102 Å². The molecule has 13 atom stereocenters. The molecule has 6 rings (SSSR count). The van der Waals surface area contributed by atoms with Crippen LogP contribution in [0.5, 0.6) is 0 Å². The molecule has 540 valence electrons. The number of hydrogen-bond acceptors (Lipinski definition) is 19. The van der Waals surface area contributed by atoms with Crippen molar-refractivity contribution in [3.8, 4) is 0 Å². The molecule has 1 aliphatic rings. The Morgan fingerprint density at radius 3 is 1.71 bits per heavy atom. The van der Waals surface area contributed by atoms with Crippen molar-refractivity contribution < 1.29 is 78.0 Å². The molecule has 0 radical (unpaired) electrons. The summed E-state index contributed by atoms with van der Waals surface area (Å²) >= 11 is 0. The molecule has 34 heteroatoms. The van der Waals surface area contributed by atoms with Crippen LogP contribution in [0.4, 0.5) is 0 Å². The van der Waals surface area contributed by atoms with E-state index >= 15 is 0 Å². The third-order valence-corrected chi connectivity index (χ3v) is 18.7. The second-order valence-corrected chi connectivity index (χ2v) is 28.2. The molecule has 3 aromatic heterocycles. The lowest BCUT2D eigenvalue weighted by Gasteiger charge is -2.32. The van der Waals surface area contributed by atoms with E-state index in [0.29, 0.717) is 38.6 Å². The monoisotopic (exact) mass is 1420 g/mol. The molecule has 1 fully saturated rings. The Bertz CT molecular complexity index is 3620. The van der Waals surface area contributed by atoms with E-state index in [4.69, 9.17) is 5.73 Å². The standard InChI is InChI=1S/C65H92N16O16S2/c1-31(2)19-45-57(88)70-27-51(83)73-44(17-18-52(84)85)58(89)76-46(20-32(3)4)62(93)80-53(33(5)6)64(95)78-48(22-37-25-69-43-16-12-10-14-40(37)43)60(91)79-50(63(94)81-54(35(8)82)65(96)97)29-99-98-28-41(66)56(87)72-34(7)55(86)74-47(21-36-24-68-42-15-11-9-13-39(36)42)59(90)77-49(61(92)75-45)23-38-26-67-30-71-38/h9-16,24-26,30-35,41,44-50,53-54,60,68-69,79,82,91H,17-23,27-29,66H2,1-8H3,(H,67,71)(H,70,88)(H,72,87)(H,73,83)(H,74,86)(H,75,92)(H,76,89)(H,77,90)(H,78,95)(H,80,93)(H,81,94)(H,84,85)(H,96,97)/t34-,35+,41-,44-,45-,46-,47-,48-,49-,50-,53-,54-,60?/m0/s1. The van der Waals surface area contributed by atoms with Crippen molar-refractivity contribution in [2.24, 2.45) is 23.5 Å². The van der Waals surface area contributed by atoms with Gasteiger partial charge in [-0.15, -0.1) is 0 Å². The fourth-order valence-electron chi connectivity index (χ4n) is 10.9. The number of H-pyrrole nitrogens is 3. The first-order valence-corrected chi connectivity index (χ1v) is 35.0. The molecule has 20 N–H and O–H groups in total. The normalized spacial score (nSPS) is 24.7. The summed E-state index contributed by atoms with van der Waals surface area (Å²) in [7, 11) is 1.95. The highest BCUT2D eigenvalue weighted by atomic mass is 33.1. The molecule has 32 nitrogen and oxygen atoms in total. The molecule has 4 heterocycles. The number of hydrogen-bond donors (Lipinski definition) is 19. The molecule has 1 unspecified atom stereocenters. The zero-order valence-corrected chi connectivity index (χ0v) is 57.9. The maximum absolute atomic E-state index is 14.7. The van der Waals surface area contributed by atoms with Crippen molar-refractivity contribution in [3.05, 3.63) is 90.3 Å². The first-order chi connectivity index (χ1) is 46.9. The van der Waals surface area contributed by atoms with Gasteiger partial charge in [0, 0.05) is 76.9 Å². The van der Waals surface area contributed by atoms with E-state index < -0.39 is 175 Å². The van der Waals surface area contributed by atoms with Crippen LogP contribution in [0.15, 0.2) is 73.4 Å². The van der Waals surface area contributed by atoms with Gasteiger partial charge in [0.15, 0.2) is 6.04 Å². The number of benzene rings is 2. The van der Waals surface area contributed by atoms with Gasteiger partial charge in [-0.2, -0.15) is 0 Å². The second kappa shape index (κ2) is 37.8. The average molecular weight is 1420 g/mol. The van der Waals surface area contributed by atoms with Gasteiger partial charge in [-0.05, 0) is 80.5 Å². The number of imidazole rings is 1. The number of amides is 10. The Balaban J connectivity index is 1.37. The number of aliphatic hydroxyl groups is 2. The molecular formula is C65H92N16O16S2. The highest BCUT2D eigenvalue weighted by molar-refractivity contribution is 8.76. The highest BCUT2D eigenvalue weighted by Crippen LogP contribution is 2.25. The van der Waals surface area contributed by atoms with Crippen LogP contribution in [0.3, 0.4) is 0 Å². The van der Waals surface area contributed by atoms with Gasteiger partial charge in [0.05, 0.1) is 37.1 Å². The van der Waals surface area contributed by atoms with Gasteiger partial charge in [0.2, 0.25) is 59.1 Å². The van der Waals surface area contributed by atoms with Crippen LogP contribution < -0.4 is 64.2 Å². The topological polar surface area (TPSA) is 504 Å². The number of nitrogens with one attached hydrogen (secondary N) is 14. The molecule has 0 aliphatic carbocycles. The third-order valence-electron chi connectivity index (χ3n) is 16.2. The SMILES string of the molecule is CC(C)C[C@@H]1NC(=O)[C@H](Cc2cnc[nH]2)NC(=O)[C@H](Cc2c[nH]c3ccccc23)NC(=O)[C@H](C)NC(=O)[C@@H](N)CSSC[C@@H](C(=O)N[C@H](C(=O)O)[C@@H](C)O)NC(O)[C@H](Cc2c[nH]c3ccccc23)NC(=O)[C@H](C(C)C)NC(=O)[C@H](CC(C)C)NC(=O)[C@H](CCC(=O)O)NC(=O)CNC1=O. The number of nitrogens with zero attached hydrogens (tertiary/aromatic N) is 1. The zero-order valence-electron chi connectivity index (χ0n) is 56.3. The molecule has 0 saturated carbocycles. The molecule has 2 aromatic carbocycles. The molecule has 0 spiro atoms. The van der Waals surface area contributed by atoms with E-state index in [9.17, 15) is 78.0 Å². The molecule has 5 aromatic rings. The number of aromatic nitrogens is 4. The average Bonchev–Trinajstić information content (AvgIpc) is 1.71. The smallest absolute Gasteiger partial charge is 0.328 e. The highest BCUT2D eigenvalue weighted by Gasteiger charge is 2.38. The van der Waals surface area contributed by atoms with Crippen molar-refractivity contribution in [3.63, 3.8) is 0 Å². The van der Waals surface area contributed by atoms with Crippen LogP contribution >= 0.6 is 21.6 Å². The van der Waals surface area contributed by atoms with Crippen LogP contribution in [-0.2, 0) is 76.8 Å². The maximum atomic E-state index is 14.7. The number of carboxylic acids is 2. The number of aliphatic hydroxyl groups excluding tert-OH is 2. The van der Waals surface area contributed by atoms with E-state index in [-0.39, 0.29) is 55.4 Å². The van der Waals surface area contributed by atoms with Crippen molar-refractivity contribution in [2.45, 2.75) is 179 Å². The summed E-state index contributed by atoms with van der Waals surface area (Å²) in [6.45, 7) is 11.9. The fraction of sp³-hybridized carbons (Fsp3) is 0.523. The van der Waals surface area contributed by atoms with Crippen LogP contribution in [-0.4, -0.2) is 208 Å². The number of nitrogens with two attached hydrogens (primary N) is 1. The first-order valence-electron chi connectivity index (χ1n) is 32.5. The summed E-state index contributed by atoms with van der Waals surface area (Å²) in [5.41, 5.74) is 9.32. The van der Waals surface area contributed by atoms with Crippen LogP contribution in [0.25, 0.3) is 21.8 Å².